The van der Waals surface area contributed by atoms with Crippen molar-refractivity contribution in [2.24, 2.45) is 0 Å². The Kier molecular flexibility index (Phi) is 5.85. The largest absolute Gasteiger partial charge is 0.438 e. The van der Waals surface area contributed by atoms with Crippen LogP contribution in [0.15, 0.2) is 71.5 Å². The van der Waals surface area contributed by atoms with E-state index in [9.17, 15) is 8.60 Å². The summed E-state index contributed by atoms with van der Waals surface area (Å²) in [6.45, 7) is 0. The van der Waals surface area contributed by atoms with Crippen LogP contribution >= 0.6 is 11.8 Å². The second kappa shape index (κ2) is 9.18. The molecule has 0 spiro atoms. The van der Waals surface area contributed by atoms with E-state index in [0.29, 0.717) is 23.2 Å². The second-order valence-corrected chi connectivity index (χ2v) is 11.1. The summed E-state index contributed by atoms with van der Waals surface area (Å²) in [5.41, 5.74) is 5.22. The smallest absolute Gasteiger partial charge is 0.230 e. The maximum atomic E-state index is 13.6. The molecule has 0 aliphatic carbocycles. The fourth-order valence-corrected chi connectivity index (χ4v) is 5.33. The molecule has 5 aromatic rings. The van der Waals surface area contributed by atoms with E-state index in [1.807, 2.05) is 53.0 Å². The Morgan fingerprint density at radius 1 is 1.08 bits per heavy atom. The van der Waals surface area contributed by atoms with Crippen molar-refractivity contribution in [1.29, 1.82) is 0 Å². The number of nitrogens with zero attached hydrogens (tertiary/aromatic N) is 5. The first-order valence-electron chi connectivity index (χ1n) is 11.3. The van der Waals surface area contributed by atoms with Crippen LogP contribution in [0.3, 0.4) is 0 Å². The predicted octanol–water partition coefficient (Wildman–Crippen LogP) is 5.58. The van der Waals surface area contributed by atoms with E-state index in [1.165, 1.54) is 18.5 Å². The molecule has 0 amide bonds. The number of fused-ring (bicyclic) bond motifs is 1. The summed E-state index contributed by atoms with van der Waals surface area (Å²) in [5, 5.41) is 5.64. The van der Waals surface area contributed by atoms with E-state index in [4.69, 9.17) is 9.52 Å². The highest BCUT2D eigenvalue weighted by molar-refractivity contribution is 8.00. The highest BCUT2D eigenvalue weighted by Crippen LogP contribution is 2.39. The van der Waals surface area contributed by atoms with Crippen LogP contribution in [0.4, 0.5) is 10.1 Å². The van der Waals surface area contributed by atoms with Gasteiger partial charge in [0.15, 0.2) is 0 Å². The van der Waals surface area contributed by atoms with Gasteiger partial charge in [0.1, 0.15) is 34.6 Å². The van der Waals surface area contributed by atoms with E-state index >= 15 is 0 Å². The lowest BCUT2D eigenvalue weighted by molar-refractivity contribution is 0.528. The van der Waals surface area contributed by atoms with Gasteiger partial charge >= 0.3 is 0 Å². The fraction of sp³-hybridized carbons (Fsp3) is 0.192. The van der Waals surface area contributed by atoms with Crippen molar-refractivity contribution in [3.8, 4) is 33.8 Å². The van der Waals surface area contributed by atoms with Crippen molar-refractivity contribution in [2.75, 3.05) is 29.1 Å². The highest BCUT2D eigenvalue weighted by atomic mass is 32.2. The zero-order valence-electron chi connectivity index (χ0n) is 19.6. The molecule has 1 aliphatic rings. The molecule has 6 rings (SSSR count). The minimum Gasteiger partial charge on any atom is -0.438 e. The topological polar surface area (TPSA) is 77.1 Å². The predicted molar refractivity (Wildman–Crippen MR) is 143 cm³/mol. The highest BCUT2D eigenvalue weighted by Gasteiger charge is 2.25. The number of anilines is 1. The molecule has 182 valence electrons. The Hall–Kier alpha value is -3.50. The first-order valence-corrected chi connectivity index (χ1v) is 14.0. The average Bonchev–Trinajstić information content (AvgIpc) is 3.48. The lowest BCUT2D eigenvalue weighted by Crippen LogP contribution is -2.23. The van der Waals surface area contributed by atoms with Crippen LogP contribution < -0.4 is 4.31 Å². The molecule has 1 unspecified atom stereocenters. The van der Waals surface area contributed by atoms with Gasteiger partial charge in [-0.15, -0.1) is 0 Å². The molecule has 0 N–H and O–H groups in total. The Morgan fingerprint density at radius 3 is 2.61 bits per heavy atom. The van der Waals surface area contributed by atoms with Crippen LogP contribution in [0.5, 0.6) is 0 Å². The van der Waals surface area contributed by atoms with Gasteiger partial charge in [-0.1, -0.05) is 12.1 Å². The summed E-state index contributed by atoms with van der Waals surface area (Å²) < 4.78 is 35.4. The molecular weight excluding hydrogens is 497 g/mol. The Morgan fingerprint density at radius 2 is 1.89 bits per heavy atom. The lowest BCUT2D eigenvalue weighted by Gasteiger charge is -2.24. The maximum absolute atomic E-state index is 13.6. The number of halogens is 1. The number of hydrogen-bond acceptors (Lipinski definition) is 6. The minimum atomic E-state index is -1.14. The zero-order valence-corrected chi connectivity index (χ0v) is 21.2. The Bertz CT molecular complexity index is 1590. The van der Waals surface area contributed by atoms with Gasteiger partial charge < -0.3 is 4.42 Å². The van der Waals surface area contributed by atoms with E-state index in [2.05, 4.69) is 9.97 Å². The molecular formula is C26H22FN5O2S2. The van der Waals surface area contributed by atoms with Crippen LogP contribution in [0.25, 0.3) is 44.9 Å². The molecule has 0 bridgehead atoms. The Balaban J connectivity index is 1.48. The molecule has 4 heterocycles. The Labute approximate surface area is 214 Å². The number of aromatic nitrogens is 4. The summed E-state index contributed by atoms with van der Waals surface area (Å²) in [5.74, 6) is 2.35. The SMILES string of the molecule is CN(c1cccc(-c2cc3c(-c4cn(C5CSC5)nc4-c4ccc(F)cc4)ncnc3o2)c1)S(C)=O. The van der Waals surface area contributed by atoms with Gasteiger partial charge in [-0.3, -0.25) is 8.99 Å². The van der Waals surface area contributed by atoms with Gasteiger partial charge in [-0.25, -0.2) is 18.6 Å². The number of thioether (sulfide) groups is 1. The van der Waals surface area contributed by atoms with Gasteiger partial charge in [0.05, 0.1) is 17.1 Å². The van der Waals surface area contributed by atoms with Gasteiger partial charge in [0.2, 0.25) is 5.71 Å². The van der Waals surface area contributed by atoms with E-state index < -0.39 is 11.0 Å². The zero-order chi connectivity index (χ0) is 24.8. The molecule has 10 heteroatoms. The van der Waals surface area contributed by atoms with Gasteiger partial charge in [-0.05, 0) is 42.5 Å². The standard InChI is InChI=1S/C26H22FN5O2S2/c1-31(36(2)33)19-5-3-4-17(10-19)23-11-21-25(28-15-29-26(21)34-23)22-12-32(20-13-35-14-20)30-24(22)16-6-8-18(27)9-7-16/h3-12,15,20H,13-14H2,1-2H3. The van der Waals surface area contributed by atoms with E-state index in [-0.39, 0.29) is 5.82 Å². The quantitative estimate of drug-likeness (QED) is 0.292. The third-order valence-electron chi connectivity index (χ3n) is 6.31. The fourth-order valence-electron chi connectivity index (χ4n) is 4.16. The van der Waals surface area contributed by atoms with Crippen LogP contribution in [-0.2, 0) is 11.0 Å². The lowest BCUT2D eigenvalue weighted by atomic mass is 10.0. The third-order valence-corrected chi connectivity index (χ3v) is 8.53. The van der Waals surface area contributed by atoms with Crippen LogP contribution in [-0.4, -0.2) is 48.8 Å². The molecule has 36 heavy (non-hydrogen) atoms. The molecule has 3 aromatic heterocycles. The van der Waals surface area contributed by atoms with Crippen LogP contribution in [0, 0.1) is 5.82 Å². The summed E-state index contributed by atoms with van der Waals surface area (Å²) in [6.07, 6.45) is 5.14. The van der Waals surface area contributed by atoms with Crippen molar-refractivity contribution >= 4 is 39.5 Å². The first-order chi connectivity index (χ1) is 17.5. The van der Waals surface area contributed by atoms with Crippen LogP contribution in [0.1, 0.15) is 6.04 Å². The normalized spacial score (nSPS) is 14.6. The first kappa shape index (κ1) is 22.9. The molecule has 2 aromatic carbocycles. The van der Waals surface area contributed by atoms with Crippen LogP contribution in [0.2, 0.25) is 0 Å². The molecule has 1 fully saturated rings. The monoisotopic (exact) mass is 519 g/mol. The van der Waals surface area contributed by atoms with Crippen molar-refractivity contribution < 1.29 is 13.0 Å². The van der Waals surface area contributed by atoms with E-state index in [1.54, 1.807) is 29.7 Å². The van der Waals surface area contributed by atoms with Gasteiger partial charge in [0.25, 0.3) is 0 Å². The van der Waals surface area contributed by atoms with Gasteiger partial charge in [-0.2, -0.15) is 16.9 Å². The summed E-state index contributed by atoms with van der Waals surface area (Å²) in [6, 6.07) is 16.3. The summed E-state index contributed by atoms with van der Waals surface area (Å²) >= 11 is 1.88. The number of rotatable bonds is 6. The molecule has 1 saturated heterocycles. The maximum Gasteiger partial charge on any atom is 0.230 e. The summed E-state index contributed by atoms with van der Waals surface area (Å²) in [4.78, 5) is 8.99. The van der Waals surface area contributed by atoms with Crippen molar-refractivity contribution in [3.63, 3.8) is 0 Å². The van der Waals surface area contributed by atoms with E-state index in [0.717, 1.165) is 45.0 Å². The molecule has 7 nitrogen and oxygen atoms in total. The molecule has 0 radical (unpaired) electrons. The van der Waals surface area contributed by atoms with Gasteiger partial charge in [0, 0.05) is 53.4 Å². The number of benzene rings is 2. The number of furan rings is 1. The summed E-state index contributed by atoms with van der Waals surface area (Å²) in [7, 11) is 0.641. The van der Waals surface area contributed by atoms with Crippen molar-refractivity contribution in [3.05, 3.63) is 72.9 Å². The van der Waals surface area contributed by atoms with Crippen molar-refractivity contribution in [2.45, 2.75) is 6.04 Å². The molecule has 1 atom stereocenters. The second-order valence-electron chi connectivity index (χ2n) is 8.59. The van der Waals surface area contributed by atoms with Crippen molar-refractivity contribution in [1.82, 2.24) is 19.7 Å². The molecule has 0 saturated carbocycles. The number of hydrogen-bond donors (Lipinski definition) is 0. The molecule has 1 aliphatic heterocycles. The average molecular weight is 520 g/mol. The minimum absolute atomic E-state index is 0.293. The third kappa shape index (κ3) is 4.10.